The van der Waals surface area contributed by atoms with Crippen LogP contribution in [0.4, 0.5) is 5.82 Å². The Morgan fingerprint density at radius 1 is 1.17 bits per heavy atom. The van der Waals surface area contributed by atoms with E-state index in [0.29, 0.717) is 0 Å². The molecule has 1 atom stereocenters. The van der Waals surface area contributed by atoms with Crippen molar-refractivity contribution in [1.82, 2.24) is 19.9 Å². The summed E-state index contributed by atoms with van der Waals surface area (Å²) in [6.07, 6.45) is 0. The van der Waals surface area contributed by atoms with E-state index in [1.54, 1.807) is 22.7 Å². The van der Waals surface area contributed by atoms with Crippen LogP contribution in [-0.4, -0.2) is 46.2 Å². The fraction of sp³-hybridized carbons (Fsp3) is 0.591. The van der Waals surface area contributed by atoms with E-state index in [1.807, 2.05) is 0 Å². The molecule has 0 spiro atoms. The highest BCUT2D eigenvalue weighted by Gasteiger charge is 2.22. The van der Waals surface area contributed by atoms with Crippen molar-refractivity contribution in [3.05, 3.63) is 32.3 Å². The molecule has 1 aliphatic heterocycles. The molecule has 1 aliphatic rings. The Bertz CT molecular complexity index is 1030. The summed E-state index contributed by atoms with van der Waals surface area (Å²) >= 11 is 3.47. The molecule has 1 N–H and O–H groups in total. The van der Waals surface area contributed by atoms with Gasteiger partial charge in [0.1, 0.15) is 21.5 Å². The van der Waals surface area contributed by atoms with Gasteiger partial charge in [0, 0.05) is 28.8 Å². The van der Waals surface area contributed by atoms with Gasteiger partial charge in [-0.25, -0.2) is 15.0 Å². The molecule has 6 nitrogen and oxygen atoms in total. The van der Waals surface area contributed by atoms with Gasteiger partial charge in [-0.2, -0.15) is 0 Å². The van der Waals surface area contributed by atoms with Crippen LogP contribution in [0.25, 0.3) is 10.2 Å². The second kappa shape index (κ2) is 8.49. The maximum Gasteiger partial charge on any atom is 0.146 e. The van der Waals surface area contributed by atoms with Gasteiger partial charge in [-0.15, -0.1) is 22.7 Å². The summed E-state index contributed by atoms with van der Waals surface area (Å²) in [6.45, 7) is 17.3. The van der Waals surface area contributed by atoms with Crippen molar-refractivity contribution in [2.75, 3.05) is 31.6 Å². The molecule has 0 radical (unpaired) electrons. The third-order valence-electron chi connectivity index (χ3n) is 5.56. The lowest BCUT2D eigenvalue weighted by atomic mass is 9.93. The number of fused-ring (bicyclic) bond motifs is 1. The predicted molar refractivity (Wildman–Crippen MR) is 126 cm³/mol. The second-order valence-corrected chi connectivity index (χ2v) is 11.1. The maximum absolute atomic E-state index is 5.48. The van der Waals surface area contributed by atoms with Crippen molar-refractivity contribution < 1.29 is 4.74 Å². The number of hydrogen-bond acceptors (Lipinski definition) is 8. The zero-order valence-corrected chi connectivity index (χ0v) is 20.3. The van der Waals surface area contributed by atoms with Gasteiger partial charge in [0.15, 0.2) is 0 Å². The molecule has 0 aliphatic carbocycles. The van der Waals surface area contributed by atoms with Gasteiger partial charge in [0.2, 0.25) is 0 Å². The molecule has 0 saturated carbocycles. The summed E-state index contributed by atoms with van der Waals surface area (Å²) < 4.78 is 5.48. The first-order valence-electron chi connectivity index (χ1n) is 10.5. The predicted octanol–water partition coefficient (Wildman–Crippen LogP) is 5.07. The monoisotopic (exact) mass is 445 g/mol. The van der Waals surface area contributed by atoms with Gasteiger partial charge in [0.25, 0.3) is 0 Å². The number of hydrogen-bond donors (Lipinski definition) is 1. The molecule has 162 valence electrons. The SMILES string of the molecule is Cc1sc2nc(CN3CCOCC3)nc(NC(C)c3nc(C(C)(C)C)cs3)c2c1C. The van der Waals surface area contributed by atoms with Crippen LogP contribution in [0.5, 0.6) is 0 Å². The van der Waals surface area contributed by atoms with Crippen molar-refractivity contribution in [2.45, 2.75) is 59.5 Å². The van der Waals surface area contributed by atoms with E-state index in [4.69, 9.17) is 19.7 Å². The van der Waals surface area contributed by atoms with Crippen LogP contribution in [0.15, 0.2) is 5.38 Å². The Morgan fingerprint density at radius 3 is 2.57 bits per heavy atom. The van der Waals surface area contributed by atoms with Crippen molar-refractivity contribution in [3.8, 4) is 0 Å². The number of aryl methyl sites for hydroxylation is 2. The molecule has 3 aromatic rings. The molecule has 3 aromatic heterocycles. The average Bonchev–Trinajstić information content (AvgIpc) is 3.28. The second-order valence-electron chi connectivity index (χ2n) is 9.03. The van der Waals surface area contributed by atoms with E-state index in [1.165, 1.54) is 10.4 Å². The molecule has 1 unspecified atom stereocenters. The number of ether oxygens (including phenoxy) is 1. The lowest BCUT2D eigenvalue weighted by Crippen LogP contribution is -2.36. The molecule has 4 heterocycles. The van der Waals surface area contributed by atoms with Gasteiger partial charge in [0.05, 0.1) is 36.9 Å². The van der Waals surface area contributed by atoms with E-state index >= 15 is 0 Å². The molecule has 30 heavy (non-hydrogen) atoms. The van der Waals surface area contributed by atoms with E-state index in [-0.39, 0.29) is 11.5 Å². The Hall–Kier alpha value is -1.61. The van der Waals surface area contributed by atoms with Crippen LogP contribution in [-0.2, 0) is 16.7 Å². The summed E-state index contributed by atoms with van der Waals surface area (Å²) in [5.74, 6) is 1.79. The van der Waals surface area contributed by atoms with Crippen molar-refractivity contribution in [2.24, 2.45) is 0 Å². The zero-order chi connectivity index (χ0) is 21.5. The van der Waals surface area contributed by atoms with Gasteiger partial charge in [-0.05, 0) is 26.3 Å². The number of nitrogens with zero attached hydrogens (tertiary/aromatic N) is 4. The van der Waals surface area contributed by atoms with Crippen LogP contribution in [0.2, 0.25) is 0 Å². The third kappa shape index (κ3) is 4.51. The summed E-state index contributed by atoms with van der Waals surface area (Å²) in [7, 11) is 0. The summed E-state index contributed by atoms with van der Waals surface area (Å²) in [5.41, 5.74) is 2.46. The normalized spacial score (nSPS) is 16.9. The summed E-state index contributed by atoms with van der Waals surface area (Å²) in [5, 5.41) is 8.06. The van der Waals surface area contributed by atoms with E-state index in [0.717, 1.165) is 65.4 Å². The van der Waals surface area contributed by atoms with Crippen molar-refractivity contribution in [3.63, 3.8) is 0 Å². The highest BCUT2D eigenvalue weighted by molar-refractivity contribution is 7.18. The standard InChI is InChI=1S/C22H31N5OS2/c1-13-15(3)30-21-18(13)19(25-17(26-21)11-27-7-9-28-10-8-27)23-14(2)20-24-16(12-29-20)22(4,5)6/h12,14H,7-11H2,1-6H3,(H,23,25,26). The van der Waals surface area contributed by atoms with Gasteiger partial charge < -0.3 is 10.1 Å². The topological polar surface area (TPSA) is 63.2 Å². The molecule has 0 amide bonds. The Balaban J connectivity index is 1.64. The number of anilines is 1. The summed E-state index contributed by atoms with van der Waals surface area (Å²) in [6, 6.07) is 0.0834. The number of aromatic nitrogens is 3. The minimum atomic E-state index is 0.0586. The molecular weight excluding hydrogens is 414 g/mol. The number of rotatable bonds is 5. The zero-order valence-electron chi connectivity index (χ0n) is 18.7. The van der Waals surface area contributed by atoms with Crippen molar-refractivity contribution >= 4 is 38.7 Å². The molecule has 8 heteroatoms. The van der Waals surface area contributed by atoms with Crippen LogP contribution in [0.3, 0.4) is 0 Å². The van der Waals surface area contributed by atoms with E-state index in [9.17, 15) is 0 Å². The Morgan fingerprint density at radius 2 is 1.90 bits per heavy atom. The van der Waals surface area contributed by atoms with Gasteiger partial charge >= 0.3 is 0 Å². The average molecular weight is 446 g/mol. The minimum absolute atomic E-state index is 0.0586. The highest BCUT2D eigenvalue weighted by Crippen LogP contribution is 2.35. The number of morpholine rings is 1. The Kier molecular flexibility index (Phi) is 6.12. The third-order valence-corrected chi connectivity index (χ3v) is 7.69. The lowest BCUT2D eigenvalue weighted by molar-refractivity contribution is 0.0331. The number of thiazole rings is 1. The molecule has 4 rings (SSSR count). The molecule has 1 saturated heterocycles. The van der Waals surface area contributed by atoms with Crippen LogP contribution in [0.1, 0.15) is 60.7 Å². The van der Waals surface area contributed by atoms with Crippen molar-refractivity contribution in [1.29, 1.82) is 0 Å². The fourth-order valence-electron chi connectivity index (χ4n) is 3.53. The fourth-order valence-corrected chi connectivity index (χ4v) is 5.63. The molecular formula is C22H31N5OS2. The maximum atomic E-state index is 5.48. The number of thiophene rings is 1. The van der Waals surface area contributed by atoms with Gasteiger partial charge in [-0.3, -0.25) is 4.90 Å². The smallest absolute Gasteiger partial charge is 0.146 e. The van der Waals surface area contributed by atoms with E-state index < -0.39 is 0 Å². The van der Waals surface area contributed by atoms with Crippen LogP contribution >= 0.6 is 22.7 Å². The quantitative estimate of drug-likeness (QED) is 0.592. The largest absolute Gasteiger partial charge is 0.379 e. The molecule has 0 aromatic carbocycles. The van der Waals surface area contributed by atoms with Crippen LogP contribution < -0.4 is 5.32 Å². The van der Waals surface area contributed by atoms with Crippen LogP contribution in [0, 0.1) is 13.8 Å². The number of nitrogens with one attached hydrogen (secondary N) is 1. The highest BCUT2D eigenvalue weighted by atomic mass is 32.1. The first kappa shape index (κ1) is 21.6. The molecule has 0 bridgehead atoms. The lowest BCUT2D eigenvalue weighted by Gasteiger charge is -2.26. The first-order chi connectivity index (χ1) is 14.2. The molecule has 1 fully saturated rings. The van der Waals surface area contributed by atoms with E-state index in [2.05, 4.69) is 57.1 Å². The minimum Gasteiger partial charge on any atom is -0.379 e. The Labute approximate surface area is 186 Å². The van der Waals surface area contributed by atoms with Gasteiger partial charge in [-0.1, -0.05) is 20.8 Å². The summed E-state index contributed by atoms with van der Waals surface area (Å²) in [4.78, 5) is 19.5. The first-order valence-corrected chi connectivity index (χ1v) is 12.2.